The second kappa shape index (κ2) is 6.74. The molecule has 0 aromatic carbocycles. The SMILES string of the molecule is CCC(C)(C)CNC(=O)c1cc(C)c(C#CCO)s1. The van der Waals surface area contributed by atoms with Crippen molar-refractivity contribution in [1.82, 2.24) is 5.32 Å². The van der Waals surface area contributed by atoms with Crippen LogP contribution in [-0.4, -0.2) is 24.2 Å². The molecule has 1 heterocycles. The highest BCUT2D eigenvalue weighted by molar-refractivity contribution is 7.14. The number of hydrogen-bond acceptors (Lipinski definition) is 3. The van der Waals surface area contributed by atoms with Gasteiger partial charge in [-0.3, -0.25) is 4.79 Å². The fourth-order valence-corrected chi connectivity index (χ4v) is 2.33. The number of hydrogen-bond donors (Lipinski definition) is 2. The molecule has 1 rings (SSSR count). The number of amides is 1. The summed E-state index contributed by atoms with van der Waals surface area (Å²) in [7, 11) is 0. The van der Waals surface area contributed by atoms with Crippen LogP contribution in [0.2, 0.25) is 0 Å². The highest BCUT2D eigenvalue weighted by atomic mass is 32.1. The number of nitrogens with one attached hydrogen (secondary N) is 1. The van der Waals surface area contributed by atoms with Crippen LogP contribution in [0.25, 0.3) is 0 Å². The van der Waals surface area contributed by atoms with Gasteiger partial charge in [-0.15, -0.1) is 11.3 Å². The second-order valence-corrected chi connectivity index (χ2v) is 6.34. The summed E-state index contributed by atoms with van der Waals surface area (Å²) in [6, 6.07) is 1.85. The van der Waals surface area contributed by atoms with Gasteiger partial charge >= 0.3 is 0 Å². The van der Waals surface area contributed by atoms with E-state index in [1.165, 1.54) is 11.3 Å². The summed E-state index contributed by atoms with van der Waals surface area (Å²) in [6.07, 6.45) is 1.02. The van der Waals surface area contributed by atoms with Crippen molar-refractivity contribution in [2.75, 3.05) is 13.2 Å². The molecular formula is C15H21NO2S. The van der Waals surface area contributed by atoms with Gasteiger partial charge in [-0.2, -0.15) is 0 Å². The Morgan fingerprint density at radius 1 is 1.53 bits per heavy atom. The Morgan fingerprint density at radius 2 is 2.21 bits per heavy atom. The summed E-state index contributed by atoms with van der Waals surface area (Å²) in [6.45, 7) is 8.80. The number of thiophene rings is 1. The number of aryl methyl sites for hydroxylation is 1. The summed E-state index contributed by atoms with van der Waals surface area (Å²) in [5.41, 5.74) is 1.09. The molecule has 2 N–H and O–H groups in total. The van der Waals surface area contributed by atoms with Crippen molar-refractivity contribution >= 4 is 17.2 Å². The van der Waals surface area contributed by atoms with Crippen LogP contribution in [0.5, 0.6) is 0 Å². The Hall–Kier alpha value is -1.31. The third-order valence-electron chi connectivity index (χ3n) is 3.11. The molecule has 0 aliphatic carbocycles. The van der Waals surface area contributed by atoms with Gasteiger partial charge in [0.15, 0.2) is 0 Å². The van der Waals surface area contributed by atoms with Crippen molar-refractivity contribution in [2.45, 2.75) is 34.1 Å². The van der Waals surface area contributed by atoms with Crippen molar-refractivity contribution in [3.05, 3.63) is 21.4 Å². The van der Waals surface area contributed by atoms with Gasteiger partial charge in [0.1, 0.15) is 6.61 Å². The second-order valence-electron chi connectivity index (χ2n) is 5.28. The predicted octanol–water partition coefficient (Wildman–Crippen LogP) is 2.57. The first kappa shape index (κ1) is 15.7. The number of rotatable bonds is 4. The highest BCUT2D eigenvalue weighted by Crippen LogP contribution is 2.22. The van der Waals surface area contributed by atoms with E-state index >= 15 is 0 Å². The van der Waals surface area contributed by atoms with E-state index in [0.717, 1.165) is 16.9 Å². The lowest BCUT2D eigenvalue weighted by molar-refractivity contribution is 0.0940. The van der Waals surface area contributed by atoms with Gasteiger partial charge in [0.2, 0.25) is 0 Å². The molecule has 0 aliphatic rings. The molecule has 0 fully saturated rings. The molecule has 1 aromatic heterocycles. The van der Waals surface area contributed by atoms with Crippen molar-refractivity contribution in [1.29, 1.82) is 0 Å². The molecule has 0 bridgehead atoms. The Morgan fingerprint density at radius 3 is 2.79 bits per heavy atom. The van der Waals surface area contributed by atoms with Gasteiger partial charge in [-0.1, -0.05) is 32.6 Å². The quantitative estimate of drug-likeness (QED) is 0.832. The first-order valence-electron chi connectivity index (χ1n) is 6.38. The predicted molar refractivity (Wildman–Crippen MR) is 79.4 cm³/mol. The number of carbonyl (C=O) groups is 1. The normalized spacial score (nSPS) is 10.8. The molecular weight excluding hydrogens is 258 g/mol. The van der Waals surface area contributed by atoms with Gasteiger partial charge in [0, 0.05) is 6.54 Å². The Labute approximate surface area is 119 Å². The van der Waals surface area contributed by atoms with Crippen LogP contribution in [0.4, 0.5) is 0 Å². The highest BCUT2D eigenvalue weighted by Gasteiger charge is 2.18. The van der Waals surface area contributed by atoms with Gasteiger partial charge in [0.25, 0.3) is 5.91 Å². The number of aliphatic hydroxyl groups excluding tert-OH is 1. The van der Waals surface area contributed by atoms with Gasteiger partial charge < -0.3 is 10.4 Å². The van der Waals surface area contributed by atoms with Crippen LogP contribution < -0.4 is 5.32 Å². The zero-order valence-electron chi connectivity index (χ0n) is 12.0. The smallest absolute Gasteiger partial charge is 0.261 e. The molecule has 0 unspecified atom stereocenters. The average molecular weight is 279 g/mol. The minimum atomic E-state index is -0.163. The van der Waals surface area contributed by atoms with Crippen LogP contribution in [0, 0.1) is 24.2 Å². The van der Waals surface area contributed by atoms with Gasteiger partial charge in [0.05, 0.1) is 9.75 Å². The Balaban J connectivity index is 2.73. The molecule has 0 saturated heterocycles. The van der Waals surface area contributed by atoms with Crippen LogP contribution in [-0.2, 0) is 0 Å². The van der Waals surface area contributed by atoms with Gasteiger partial charge in [-0.05, 0) is 30.4 Å². The van der Waals surface area contributed by atoms with Crippen molar-refractivity contribution < 1.29 is 9.90 Å². The van der Waals surface area contributed by atoms with E-state index in [1.54, 1.807) is 0 Å². The molecule has 0 radical (unpaired) electrons. The summed E-state index contributed by atoms with van der Waals surface area (Å²) >= 11 is 1.37. The topological polar surface area (TPSA) is 49.3 Å². The Kier molecular flexibility index (Phi) is 5.59. The summed E-state index contributed by atoms with van der Waals surface area (Å²) in [5, 5.41) is 11.6. The summed E-state index contributed by atoms with van der Waals surface area (Å²) in [4.78, 5) is 13.6. The fourth-order valence-electron chi connectivity index (χ4n) is 1.37. The molecule has 104 valence electrons. The first-order chi connectivity index (χ1) is 8.89. The molecule has 0 spiro atoms. The van der Waals surface area contributed by atoms with E-state index in [0.29, 0.717) is 11.4 Å². The maximum absolute atomic E-state index is 12.0. The molecule has 0 saturated carbocycles. The van der Waals surface area contributed by atoms with E-state index in [1.807, 2.05) is 13.0 Å². The lowest BCUT2D eigenvalue weighted by Crippen LogP contribution is -2.33. The minimum Gasteiger partial charge on any atom is -0.384 e. The molecule has 19 heavy (non-hydrogen) atoms. The van der Waals surface area contributed by atoms with E-state index < -0.39 is 0 Å². The van der Waals surface area contributed by atoms with E-state index in [2.05, 4.69) is 37.9 Å². The minimum absolute atomic E-state index is 0.0494. The zero-order chi connectivity index (χ0) is 14.5. The molecule has 1 aromatic rings. The van der Waals surface area contributed by atoms with E-state index in [-0.39, 0.29) is 17.9 Å². The van der Waals surface area contributed by atoms with Crippen molar-refractivity contribution in [3.63, 3.8) is 0 Å². The Bertz CT molecular complexity index is 506. The van der Waals surface area contributed by atoms with E-state index in [4.69, 9.17) is 5.11 Å². The molecule has 0 aliphatic heterocycles. The monoisotopic (exact) mass is 279 g/mol. The fraction of sp³-hybridized carbons (Fsp3) is 0.533. The molecule has 3 nitrogen and oxygen atoms in total. The average Bonchev–Trinajstić information content (AvgIpc) is 2.75. The van der Waals surface area contributed by atoms with Crippen LogP contribution >= 0.6 is 11.3 Å². The summed E-state index contributed by atoms with van der Waals surface area (Å²) in [5.74, 6) is 5.42. The number of aliphatic hydroxyl groups is 1. The van der Waals surface area contributed by atoms with Crippen molar-refractivity contribution in [3.8, 4) is 11.8 Å². The van der Waals surface area contributed by atoms with Crippen LogP contribution in [0.3, 0.4) is 0 Å². The lowest BCUT2D eigenvalue weighted by atomic mass is 9.90. The number of carbonyl (C=O) groups excluding carboxylic acids is 1. The third-order valence-corrected chi connectivity index (χ3v) is 4.26. The summed E-state index contributed by atoms with van der Waals surface area (Å²) < 4.78 is 0. The van der Waals surface area contributed by atoms with Crippen molar-refractivity contribution in [2.24, 2.45) is 5.41 Å². The van der Waals surface area contributed by atoms with Crippen LogP contribution in [0.1, 0.15) is 47.3 Å². The maximum atomic E-state index is 12.0. The molecule has 4 heteroatoms. The first-order valence-corrected chi connectivity index (χ1v) is 7.19. The standard InChI is InChI=1S/C15H21NO2S/c1-5-15(3,4)10-16-14(18)13-9-11(2)12(19-13)7-6-8-17/h9,17H,5,8,10H2,1-4H3,(H,16,18). The van der Waals surface area contributed by atoms with Gasteiger partial charge in [-0.25, -0.2) is 0 Å². The van der Waals surface area contributed by atoms with E-state index in [9.17, 15) is 4.79 Å². The molecule has 0 atom stereocenters. The lowest BCUT2D eigenvalue weighted by Gasteiger charge is -2.22. The zero-order valence-corrected chi connectivity index (χ0v) is 12.8. The maximum Gasteiger partial charge on any atom is 0.261 e. The largest absolute Gasteiger partial charge is 0.384 e. The molecule has 1 amide bonds. The third kappa shape index (κ3) is 4.70. The van der Waals surface area contributed by atoms with Crippen LogP contribution in [0.15, 0.2) is 6.07 Å².